The fourth-order valence-corrected chi connectivity index (χ4v) is 1.82. The summed E-state index contributed by atoms with van der Waals surface area (Å²) in [5.41, 5.74) is 6.07. The van der Waals surface area contributed by atoms with Gasteiger partial charge in [0.05, 0.1) is 10.6 Å². The van der Waals surface area contributed by atoms with E-state index in [2.05, 4.69) is 4.98 Å². The van der Waals surface area contributed by atoms with E-state index in [0.29, 0.717) is 10.8 Å². The highest BCUT2D eigenvalue weighted by atomic mass is 32.1. The zero-order valence-corrected chi connectivity index (χ0v) is 9.52. The summed E-state index contributed by atoms with van der Waals surface area (Å²) in [4.78, 5) is 14.2. The fraction of sp³-hybridized carbons (Fsp3) is 0.100. The molecule has 0 fully saturated rings. The molecule has 0 bridgehead atoms. The standard InChI is InChI=1S/C10H9N3O3S/c11-10-12-7(6-17-10)5-16-9-4-2-1-3-8(9)13(14)15/h1-4,6H,5H2,(H2,11,12). The van der Waals surface area contributed by atoms with E-state index in [1.807, 2.05) is 0 Å². The van der Waals surface area contributed by atoms with E-state index in [1.165, 1.54) is 17.4 Å². The van der Waals surface area contributed by atoms with E-state index in [-0.39, 0.29) is 18.0 Å². The number of nitro benzene ring substituents is 1. The first kappa shape index (κ1) is 11.3. The van der Waals surface area contributed by atoms with Crippen LogP contribution in [0.15, 0.2) is 29.6 Å². The van der Waals surface area contributed by atoms with Crippen LogP contribution in [0, 0.1) is 10.1 Å². The number of hydrogen-bond donors (Lipinski definition) is 1. The number of aromatic nitrogens is 1. The quantitative estimate of drug-likeness (QED) is 0.664. The SMILES string of the molecule is Nc1nc(COc2ccccc2[N+](=O)[O-])cs1. The summed E-state index contributed by atoms with van der Waals surface area (Å²) < 4.78 is 5.34. The number of nitro groups is 1. The summed E-state index contributed by atoms with van der Waals surface area (Å²) >= 11 is 1.30. The largest absolute Gasteiger partial charge is 0.480 e. The van der Waals surface area contributed by atoms with Crippen LogP contribution in [0.4, 0.5) is 10.8 Å². The lowest BCUT2D eigenvalue weighted by Gasteiger charge is -2.04. The Morgan fingerprint density at radius 1 is 1.47 bits per heavy atom. The van der Waals surface area contributed by atoms with Gasteiger partial charge in [0, 0.05) is 11.4 Å². The van der Waals surface area contributed by atoms with Crippen LogP contribution >= 0.6 is 11.3 Å². The number of hydrogen-bond acceptors (Lipinski definition) is 6. The predicted octanol–water partition coefficient (Wildman–Crippen LogP) is 2.21. The van der Waals surface area contributed by atoms with Crippen molar-refractivity contribution in [2.45, 2.75) is 6.61 Å². The van der Waals surface area contributed by atoms with Crippen molar-refractivity contribution in [2.24, 2.45) is 0 Å². The van der Waals surface area contributed by atoms with E-state index in [9.17, 15) is 10.1 Å². The minimum Gasteiger partial charge on any atom is -0.480 e. The first-order valence-corrected chi connectivity index (χ1v) is 5.61. The lowest BCUT2D eigenvalue weighted by atomic mass is 10.3. The third-order valence-electron chi connectivity index (χ3n) is 2.01. The highest BCUT2D eigenvalue weighted by Crippen LogP contribution is 2.26. The van der Waals surface area contributed by atoms with Gasteiger partial charge in [0.25, 0.3) is 0 Å². The van der Waals surface area contributed by atoms with E-state index in [4.69, 9.17) is 10.5 Å². The maximum absolute atomic E-state index is 10.7. The van der Waals surface area contributed by atoms with Gasteiger partial charge in [-0.1, -0.05) is 12.1 Å². The van der Waals surface area contributed by atoms with Gasteiger partial charge in [0.2, 0.25) is 0 Å². The van der Waals surface area contributed by atoms with Gasteiger partial charge in [-0.05, 0) is 6.07 Å². The molecule has 0 saturated carbocycles. The molecule has 0 radical (unpaired) electrons. The van der Waals surface area contributed by atoms with E-state index in [0.717, 1.165) is 0 Å². The summed E-state index contributed by atoms with van der Waals surface area (Å²) in [5, 5.41) is 12.9. The van der Waals surface area contributed by atoms with Gasteiger partial charge in [-0.15, -0.1) is 11.3 Å². The number of benzene rings is 1. The van der Waals surface area contributed by atoms with Crippen LogP contribution < -0.4 is 10.5 Å². The van der Waals surface area contributed by atoms with Crippen LogP contribution in [0.1, 0.15) is 5.69 Å². The maximum Gasteiger partial charge on any atom is 0.310 e. The monoisotopic (exact) mass is 251 g/mol. The zero-order chi connectivity index (χ0) is 12.3. The number of thiazole rings is 1. The van der Waals surface area contributed by atoms with Crippen LogP contribution in [0.3, 0.4) is 0 Å². The molecule has 0 saturated heterocycles. The van der Waals surface area contributed by atoms with Crippen molar-refractivity contribution >= 4 is 22.2 Å². The molecule has 0 aliphatic carbocycles. The van der Waals surface area contributed by atoms with Crippen molar-refractivity contribution in [3.8, 4) is 5.75 Å². The molecule has 1 aromatic heterocycles. The molecule has 1 aromatic carbocycles. The molecule has 2 rings (SSSR count). The average molecular weight is 251 g/mol. The number of nitrogens with zero attached hydrogens (tertiary/aromatic N) is 2. The molecular weight excluding hydrogens is 242 g/mol. The molecule has 2 N–H and O–H groups in total. The second-order valence-electron chi connectivity index (χ2n) is 3.19. The Balaban J connectivity index is 2.11. The zero-order valence-electron chi connectivity index (χ0n) is 8.70. The van der Waals surface area contributed by atoms with E-state index >= 15 is 0 Å². The molecule has 0 atom stereocenters. The van der Waals surface area contributed by atoms with Gasteiger partial charge in [-0.2, -0.15) is 0 Å². The van der Waals surface area contributed by atoms with Crippen molar-refractivity contribution in [2.75, 3.05) is 5.73 Å². The molecule has 0 aliphatic heterocycles. The fourth-order valence-electron chi connectivity index (χ4n) is 1.27. The molecule has 6 nitrogen and oxygen atoms in total. The Morgan fingerprint density at radius 2 is 2.24 bits per heavy atom. The van der Waals surface area contributed by atoms with Crippen molar-refractivity contribution in [3.63, 3.8) is 0 Å². The van der Waals surface area contributed by atoms with Crippen LogP contribution in [0.5, 0.6) is 5.75 Å². The van der Waals surface area contributed by atoms with Crippen molar-refractivity contribution in [3.05, 3.63) is 45.5 Å². The van der Waals surface area contributed by atoms with Gasteiger partial charge in [-0.3, -0.25) is 10.1 Å². The number of nitrogen functional groups attached to an aromatic ring is 1. The van der Waals surface area contributed by atoms with Gasteiger partial charge in [-0.25, -0.2) is 4.98 Å². The van der Waals surface area contributed by atoms with Crippen molar-refractivity contribution < 1.29 is 9.66 Å². The predicted molar refractivity (Wildman–Crippen MR) is 64.0 cm³/mol. The highest BCUT2D eigenvalue weighted by Gasteiger charge is 2.13. The van der Waals surface area contributed by atoms with Crippen LogP contribution in [-0.2, 0) is 6.61 Å². The third kappa shape index (κ3) is 2.70. The Bertz CT molecular complexity index is 541. The number of para-hydroxylation sites is 2. The van der Waals surface area contributed by atoms with Crippen LogP contribution in [-0.4, -0.2) is 9.91 Å². The van der Waals surface area contributed by atoms with Gasteiger partial charge >= 0.3 is 5.69 Å². The molecule has 2 aromatic rings. The molecule has 0 unspecified atom stereocenters. The van der Waals surface area contributed by atoms with Crippen molar-refractivity contribution in [1.29, 1.82) is 0 Å². The summed E-state index contributed by atoms with van der Waals surface area (Å²) in [6.07, 6.45) is 0. The second-order valence-corrected chi connectivity index (χ2v) is 4.08. The minimum absolute atomic E-state index is 0.0595. The molecule has 88 valence electrons. The summed E-state index contributed by atoms with van der Waals surface area (Å²) in [5.74, 6) is 0.226. The van der Waals surface area contributed by atoms with Crippen LogP contribution in [0.25, 0.3) is 0 Å². The normalized spacial score (nSPS) is 10.1. The average Bonchev–Trinajstić information content (AvgIpc) is 2.73. The maximum atomic E-state index is 10.7. The molecule has 17 heavy (non-hydrogen) atoms. The first-order valence-electron chi connectivity index (χ1n) is 4.73. The summed E-state index contributed by atoms with van der Waals surface area (Å²) in [6, 6.07) is 6.21. The summed E-state index contributed by atoms with van der Waals surface area (Å²) in [6.45, 7) is 0.165. The van der Waals surface area contributed by atoms with Gasteiger partial charge in [0.15, 0.2) is 10.9 Å². The Kier molecular flexibility index (Phi) is 3.20. The number of ether oxygens (including phenoxy) is 1. The molecule has 1 heterocycles. The van der Waals surface area contributed by atoms with E-state index < -0.39 is 4.92 Å². The number of rotatable bonds is 4. The first-order chi connectivity index (χ1) is 8.16. The Morgan fingerprint density at radius 3 is 2.88 bits per heavy atom. The van der Waals surface area contributed by atoms with Crippen LogP contribution in [0.2, 0.25) is 0 Å². The smallest absolute Gasteiger partial charge is 0.310 e. The minimum atomic E-state index is -0.481. The van der Waals surface area contributed by atoms with E-state index in [1.54, 1.807) is 23.6 Å². The number of nitrogens with two attached hydrogens (primary N) is 1. The number of anilines is 1. The topological polar surface area (TPSA) is 91.3 Å². The van der Waals surface area contributed by atoms with Gasteiger partial charge in [0.1, 0.15) is 6.61 Å². The highest BCUT2D eigenvalue weighted by molar-refractivity contribution is 7.13. The Labute approximate surface area is 101 Å². The lowest BCUT2D eigenvalue weighted by molar-refractivity contribution is -0.385. The second kappa shape index (κ2) is 4.79. The summed E-state index contributed by atoms with van der Waals surface area (Å²) in [7, 11) is 0. The molecule has 7 heteroatoms. The molecule has 0 aliphatic rings. The molecule has 0 spiro atoms. The van der Waals surface area contributed by atoms with Crippen molar-refractivity contribution in [1.82, 2.24) is 4.98 Å². The lowest BCUT2D eigenvalue weighted by Crippen LogP contribution is -1.99. The van der Waals surface area contributed by atoms with Gasteiger partial charge < -0.3 is 10.5 Å². The molecular formula is C10H9N3O3S. The molecule has 0 amide bonds. The Hall–Kier alpha value is -2.15. The third-order valence-corrected chi connectivity index (χ3v) is 2.73.